The molecule has 2 aliphatic heterocycles. The van der Waals surface area contributed by atoms with E-state index in [0.717, 1.165) is 5.06 Å². The molecule has 1 spiro atoms. The van der Waals surface area contributed by atoms with Crippen molar-refractivity contribution in [3.05, 3.63) is 0 Å². The summed E-state index contributed by atoms with van der Waals surface area (Å²) in [6.07, 6.45) is 0.693. The van der Waals surface area contributed by atoms with Crippen molar-refractivity contribution in [2.75, 3.05) is 27.3 Å². The minimum atomic E-state index is -0.697. The predicted octanol–water partition coefficient (Wildman–Crippen LogP) is 0.155. The number of amides is 3. The zero-order valence-electron chi connectivity index (χ0n) is 10.5. The predicted molar refractivity (Wildman–Crippen MR) is 59.1 cm³/mol. The van der Waals surface area contributed by atoms with Crippen LogP contribution in [0.1, 0.15) is 19.3 Å². The number of hydroxylamine groups is 2. The van der Waals surface area contributed by atoms with Gasteiger partial charge in [0.2, 0.25) is 0 Å². The third kappa shape index (κ3) is 1.84. The van der Waals surface area contributed by atoms with Gasteiger partial charge in [0, 0.05) is 19.5 Å². The van der Waals surface area contributed by atoms with Crippen molar-refractivity contribution in [3.8, 4) is 0 Å². The molecule has 2 heterocycles. The van der Waals surface area contributed by atoms with Gasteiger partial charge in [-0.1, -0.05) is 0 Å². The summed E-state index contributed by atoms with van der Waals surface area (Å²) in [5.41, 5.74) is -0.697. The summed E-state index contributed by atoms with van der Waals surface area (Å²) in [6.45, 7) is 0.840. The van der Waals surface area contributed by atoms with Gasteiger partial charge in [-0.25, -0.2) is 4.79 Å². The van der Waals surface area contributed by atoms with E-state index in [0.29, 0.717) is 25.9 Å². The second-order valence-electron chi connectivity index (χ2n) is 4.59. The van der Waals surface area contributed by atoms with Crippen LogP contribution in [-0.4, -0.2) is 55.2 Å². The minimum Gasteiger partial charge on any atom is -0.453 e. The van der Waals surface area contributed by atoms with Gasteiger partial charge in [0.15, 0.2) is 0 Å². The first-order valence-corrected chi connectivity index (χ1v) is 5.78. The van der Waals surface area contributed by atoms with Crippen molar-refractivity contribution in [2.45, 2.75) is 19.3 Å². The molecule has 100 valence electrons. The summed E-state index contributed by atoms with van der Waals surface area (Å²) in [6, 6.07) is 0. The maximum atomic E-state index is 12.1. The molecular weight excluding hydrogens is 240 g/mol. The molecule has 7 nitrogen and oxygen atoms in total. The second kappa shape index (κ2) is 4.56. The van der Waals surface area contributed by atoms with Crippen molar-refractivity contribution in [1.29, 1.82) is 0 Å². The Morgan fingerprint density at radius 2 is 1.83 bits per heavy atom. The van der Waals surface area contributed by atoms with Gasteiger partial charge in [0.1, 0.15) is 0 Å². The molecule has 0 N–H and O–H groups in total. The van der Waals surface area contributed by atoms with Gasteiger partial charge in [-0.05, 0) is 12.8 Å². The van der Waals surface area contributed by atoms with Gasteiger partial charge in [-0.15, -0.1) is 0 Å². The Kier molecular flexibility index (Phi) is 3.25. The molecule has 7 heteroatoms. The summed E-state index contributed by atoms with van der Waals surface area (Å²) < 4.78 is 4.63. The van der Waals surface area contributed by atoms with Crippen LogP contribution in [0.15, 0.2) is 0 Å². The third-order valence-electron chi connectivity index (χ3n) is 3.69. The molecule has 0 radical (unpaired) electrons. The highest BCUT2D eigenvalue weighted by atomic mass is 16.7. The number of carbonyl (C=O) groups excluding carboxylic acids is 3. The molecule has 0 unspecified atom stereocenters. The first-order chi connectivity index (χ1) is 8.54. The lowest BCUT2D eigenvalue weighted by atomic mass is 9.77. The Morgan fingerprint density at radius 1 is 1.22 bits per heavy atom. The Hall–Kier alpha value is -1.63. The average molecular weight is 256 g/mol. The molecular formula is C11H16N2O5. The van der Waals surface area contributed by atoms with Gasteiger partial charge in [0.25, 0.3) is 11.8 Å². The topological polar surface area (TPSA) is 76.2 Å². The summed E-state index contributed by atoms with van der Waals surface area (Å²) in [5, 5.41) is 0.827. The largest absolute Gasteiger partial charge is 0.453 e. The number of hydrogen-bond donors (Lipinski definition) is 0. The van der Waals surface area contributed by atoms with Gasteiger partial charge in [-0.3, -0.25) is 14.4 Å². The molecule has 2 aliphatic rings. The number of rotatable bonds is 1. The van der Waals surface area contributed by atoms with Crippen LogP contribution in [0.3, 0.4) is 0 Å². The molecule has 2 fully saturated rings. The van der Waals surface area contributed by atoms with Crippen molar-refractivity contribution < 1.29 is 24.0 Å². The van der Waals surface area contributed by atoms with E-state index in [2.05, 4.69) is 4.74 Å². The van der Waals surface area contributed by atoms with E-state index in [1.807, 2.05) is 0 Å². The van der Waals surface area contributed by atoms with Gasteiger partial charge in [0.05, 0.1) is 19.6 Å². The van der Waals surface area contributed by atoms with Crippen LogP contribution >= 0.6 is 0 Å². The second-order valence-corrected chi connectivity index (χ2v) is 4.59. The van der Waals surface area contributed by atoms with Crippen molar-refractivity contribution in [1.82, 2.24) is 9.96 Å². The quantitative estimate of drug-likeness (QED) is 0.624. The van der Waals surface area contributed by atoms with Gasteiger partial charge in [-0.2, -0.15) is 5.06 Å². The fourth-order valence-corrected chi connectivity index (χ4v) is 2.59. The number of carbonyl (C=O) groups is 3. The molecule has 2 rings (SSSR count). The van der Waals surface area contributed by atoms with Crippen LogP contribution in [0.5, 0.6) is 0 Å². The molecule has 0 saturated carbocycles. The molecule has 0 atom stereocenters. The number of piperidine rings is 1. The highest BCUT2D eigenvalue weighted by Crippen LogP contribution is 2.42. The molecule has 18 heavy (non-hydrogen) atoms. The Labute approximate surface area is 105 Å². The van der Waals surface area contributed by atoms with E-state index in [4.69, 9.17) is 4.84 Å². The molecule has 0 bridgehead atoms. The van der Waals surface area contributed by atoms with Crippen LogP contribution in [0, 0.1) is 5.41 Å². The van der Waals surface area contributed by atoms with E-state index < -0.39 is 11.5 Å². The maximum Gasteiger partial charge on any atom is 0.409 e. The summed E-state index contributed by atoms with van der Waals surface area (Å²) in [5.74, 6) is -0.603. The number of ether oxygens (including phenoxy) is 1. The van der Waals surface area contributed by atoms with E-state index in [-0.39, 0.29) is 18.2 Å². The fraction of sp³-hybridized carbons (Fsp3) is 0.727. The van der Waals surface area contributed by atoms with Gasteiger partial charge >= 0.3 is 6.09 Å². The summed E-state index contributed by atoms with van der Waals surface area (Å²) in [7, 11) is 2.63. The molecule has 0 aromatic rings. The van der Waals surface area contributed by atoms with Crippen molar-refractivity contribution in [2.24, 2.45) is 5.41 Å². The molecule has 2 saturated heterocycles. The van der Waals surface area contributed by atoms with E-state index >= 15 is 0 Å². The van der Waals surface area contributed by atoms with E-state index in [1.54, 1.807) is 4.90 Å². The number of hydrogen-bond acceptors (Lipinski definition) is 5. The highest BCUT2D eigenvalue weighted by molar-refractivity contribution is 6.04. The lowest BCUT2D eigenvalue weighted by Crippen LogP contribution is -2.46. The standard InChI is InChI=1S/C11H16N2O5/c1-17-10(16)12-5-3-11(4-6-12)7-8(14)13(18-2)9(11)15/h3-7H2,1-2H3. The fourth-order valence-electron chi connectivity index (χ4n) is 2.59. The molecule has 0 aliphatic carbocycles. The molecule has 3 amide bonds. The van der Waals surface area contributed by atoms with Crippen LogP contribution in [0.4, 0.5) is 4.79 Å². The lowest BCUT2D eigenvalue weighted by molar-refractivity contribution is -0.183. The summed E-state index contributed by atoms with van der Waals surface area (Å²) in [4.78, 5) is 41.4. The maximum absolute atomic E-state index is 12.1. The normalized spacial score (nSPS) is 22.8. The van der Waals surface area contributed by atoms with Crippen LogP contribution in [-0.2, 0) is 19.2 Å². The highest BCUT2D eigenvalue weighted by Gasteiger charge is 2.53. The molecule has 0 aromatic carbocycles. The Balaban J connectivity index is 2.07. The van der Waals surface area contributed by atoms with Crippen LogP contribution in [0.2, 0.25) is 0 Å². The first kappa shape index (κ1) is 12.8. The Bertz CT molecular complexity index is 387. The number of likely N-dealkylation sites (tertiary alicyclic amines) is 1. The van der Waals surface area contributed by atoms with Crippen LogP contribution < -0.4 is 0 Å². The Morgan fingerprint density at radius 3 is 2.28 bits per heavy atom. The van der Waals surface area contributed by atoms with Crippen LogP contribution in [0.25, 0.3) is 0 Å². The average Bonchev–Trinajstić information content (AvgIpc) is 2.61. The van der Waals surface area contributed by atoms with Crippen molar-refractivity contribution >= 4 is 17.9 Å². The SMILES string of the molecule is COC(=O)N1CCC2(CC1)CC(=O)N(OC)C2=O. The van der Waals surface area contributed by atoms with Gasteiger partial charge < -0.3 is 9.64 Å². The monoisotopic (exact) mass is 256 g/mol. The number of methoxy groups -OCH3 is 1. The molecule has 0 aromatic heterocycles. The smallest absolute Gasteiger partial charge is 0.409 e. The minimum absolute atomic E-state index is 0.161. The zero-order chi connectivity index (χ0) is 13.3. The zero-order valence-corrected chi connectivity index (χ0v) is 10.5. The van der Waals surface area contributed by atoms with E-state index in [1.165, 1.54) is 14.2 Å². The summed E-state index contributed by atoms with van der Waals surface area (Å²) >= 11 is 0. The van der Waals surface area contributed by atoms with E-state index in [9.17, 15) is 14.4 Å². The van der Waals surface area contributed by atoms with Crippen molar-refractivity contribution in [3.63, 3.8) is 0 Å². The lowest BCUT2D eigenvalue weighted by Gasteiger charge is -2.36. The first-order valence-electron chi connectivity index (χ1n) is 5.78. The third-order valence-corrected chi connectivity index (χ3v) is 3.69. The number of nitrogens with zero attached hydrogens (tertiary/aromatic N) is 2. The number of imide groups is 1.